The number of hydrogen-bond donors (Lipinski definition) is 0. The second kappa shape index (κ2) is 6.05. The largest absolute Gasteiger partial charge is 0.482 e. The first-order valence-corrected chi connectivity index (χ1v) is 6.31. The average molecular weight is 311 g/mol. The van der Waals surface area contributed by atoms with E-state index in [0.29, 0.717) is 11.1 Å². The Kier molecular flexibility index (Phi) is 4.35. The molecule has 2 aromatic carbocycles. The molecule has 0 aliphatic carbocycles. The van der Waals surface area contributed by atoms with Gasteiger partial charge in [-0.2, -0.15) is 13.2 Å². The van der Waals surface area contributed by atoms with E-state index in [9.17, 15) is 23.3 Å². The van der Waals surface area contributed by atoms with E-state index >= 15 is 0 Å². The monoisotopic (exact) mass is 311 g/mol. The first-order valence-electron chi connectivity index (χ1n) is 6.31. The lowest BCUT2D eigenvalue weighted by Gasteiger charge is -2.09. The second-order valence-corrected chi connectivity index (χ2v) is 4.71. The maximum Gasteiger partial charge on any atom is 0.416 e. The number of aryl methyl sites for hydroxylation is 1. The van der Waals surface area contributed by atoms with E-state index in [4.69, 9.17) is 4.74 Å². The molecule has 2 rings (SSSR count). The Balaban J connectivity index is 2.12. The van der Waals surface area contributed by atoms with Crippen molar-refractivity contribution >= 4 is 5.69 Å². The van der Waals surface area contributed by atoms with Crippen molar-refractivity contribution in [2.75, 3.05) is 0 Å². The molecule has 116 valence electrons. The van der Waals surface area contributed by atoms with E-state index in [1.807, 2.05) is 0 Å². The van der Waals surface area contributed by atoms with Gasteiger partial charge in [0.2, 0.25) is 0 Å². The molecule has 0 atom stereocenters. The molecule has 7 heteroatoms. The Morgan fingerprint density at radius 2 is 1.77 bits per heavy atom. The van der Waals surface area contributed by atoms with Crippen molar-refractivity contribution in [2.24, 2.45) is 0 Å². The number of nitro benzene ring substituents is 1. The molecule has 0 saturated carbocycles. The zero-order chi connectivity index (χ0) is 16.3. The summed E-state index contributed by atoms with van der Waals surface area (Å²) in [6.07, 6.45) is -4.39. The van der Waals surface area contributed by atoms with Crippen LogP contribution in [0.25, 0.3) is 0 Å². The molecule has 0 aliphatic heterocycles. The molecule has 0 aromatic heterocycles. The molecule has 0 radical (unpaired) electrons. The van der Waals surface area contributed by atoms with Gasteiger partial charge in [-0.15, -0.1) is 0 Å². The van der Waals surface area contributed by atoms with Crippen LogP contribution in [0.1, 0.15) is 16.7 Å². The molecular weight excluding hydrogens is 299 g/mol. The lowest BCUT2D eigenvalue weighted by molar-refractivity contribution is -0.386. The highest BCUT2D eigenvalue weighted by atomic mass is 19.4. The van der Waals surface area contributed by atoms with Crippen LogP contribution in [0.4, 0.5) is 18.9 Å². The molecule has 0 aliphatic rings. The van der Waals surface area contributed by atoms with E-state index in [0.717, 1.165) is 12.1 Å². The molecule has 22 heavy (non-hydrogen) atoms. The summed E-state index contributed by atoms with van der Waals surface area (Å²) in [4.78, 5) is 10.4. The molecule has 0 heterocycles. The van der Waals surface area contributed by atoms with Crippen molar-refractivity contribution in [3.05, 3.63) is 69.3 Å². The van der Waals surface area contributed by atoms with Gasteiger partial charge in [0, 0.05) is 6.07 Å². The summed E-state index contributed by atoms with van der Waals surface area (Å²) in [5.74, 6) is 0.0792. The van der Waals surface area contributed by atoms with E-state index < -0.39 is 16.7 Å². The summed E-state index contributed by atoms with van der Waals surface area (Å²) in [5, 5.41) is 10.9. The number of benzene rings is 2. The van der Waals surface area contributed by atoms with Crippen molar-refractivity contribution in [3.8, 4) is 5.75 Å². The lowest BCUT2D eigenvalue weighted by atomic mass is 10.1. The average Bonchev–Trinajstić information content (AvgIpc) is 2.45. The first-order chi connectivity index (χ1) is 10.3. The molecule has 0 saturated heterocycles. The number of nitro groups is 1. The van der Waals surface area contributed by atoms with Crippen molar-refractivity contribution in [3.63, 3.8) is 0 Å². The fourth-order valence-electron chi connectivity index (χ4n) is 1.84. The van der Waals surface area contributed by atoms with Gasteiger partial charge >= 0.3 is 11.9 Å². The van der Waals surface area contributed by atoms with E-state index in [1.165, 1.54) is 24.3 Å². The molecule has 0 bridgehead atoms. The Bertz CT molecular complexity index is 681. The summed E-state index contributed by atoms with van der Waals surface area (Å²) in [7, 11) is 0. The molecule has 0 fully saturated rings. The van der Waals surface area contributed by atoms with Gasteiger partial charge in [-0.25, -0.2) is 0 Å². The van der Waals surface area contributed by atoms with Crippen LogP contribution in [0.15, 0.2) is 42.5 Å². The van der Waals surface area contributed by atoms with Gasteiger partial charge in [0.1, 0.15) is 6.61 Å². The van der Waals surface area contributed by atoms with Crippen molar-refractivity contribution in [1.29, 1.82) is 0 Å². The fraction of sp³-hybridized carbons (Fsp3) is 0.200. The standard InChI is InChI=1S/C15H12F3NO3/c1-10-2-7-14(13(8-10)19(20)21)22-9-11-3-5-12(6-4-11)15(16,17)18/h2-8H,9H2,1H3. The number of nitrogens with zero attached hydrogens (tertiary/aromatic N) is 1. The molecule has 2 aromatic rings. The van der Waals surface area contributed by atoms with Gasteiger partial charge in [-0.05, 0) is 36.2 Å². The highest BCUT2D eigenvalue weighted by Crippen LogP contribution is 2.30. The predicted octanol–water partition coefficient (Wildman–Crippen LogP) is 4.50. The maximum absolute atomic E-state index is 12.4. The molecule has 0 amide bonds. The van der Waals surface area contributed by atoms with Crippen LogP contribution in [0, 0.1) is 17.0 Å². The van der Waals surface area contributed by atoms with Gasteiger partial charge in [-0.1, -0.05) is 18.2 Å². The topological polar surface area (TPSA) is 52.4 Å². The zero-order valence-electron chi connectivity index (χ0n) is 11.6. The number of halogens is 3. The van der Waals surface area contributed by atoms with Crippen LogP contribution >= 0.6 is 0 Å². The summed E-state index contributed by atoms with van der Waals surface area (Å²) in [5.41, 5.74) is 0.279. The minimum atomic E-state index is -4.39. The summed E-state index contributed by atoms with van der Waals surface area (Å²) in [6.45, 7) is 1.66. The fourth-order valence-corrected chi connectivity index (χ4v) is 1.84. The second-order valence-electron chi connectivity index (χ2n) is 4.71. The van der Waals surface area contributed by atoms with E-state index in [1.54, 1.807) is 13.0 Å². The third-order valence-electron chi connectivity index (χ3n) is 2.99. The van der Waals surface area contributed by atoms with E-state index in [-0.39, 0.29) is 18.0 Å². The maximum atomic E-state index is 12.4. The Hall–Kier alpha value is -2.57. The van der Waals surface area contributed by atoms with Gasteiger partial charge in [0.05, 0.1) is 10.5 Å². The van der Waals surface area contributed by atoms with Gasteiger partial charge in [0.25, 0.3) is 0 Å². The van der Waals surface area contributed by atoms with Crippen molar-refractivity contribution in [1.82, 2.24) is 0 Å². The SMILES string of the molecule is Cc1ccc(OCc2ccc(C(F)(F)F)cc2)c([N+](=O)[O-])c1. The number of rotatable bonds is 4. The summed E-state index contributed by atoms with van der Waals surface area (Å²) in [6, 6.07) is 8.96. The number of alkyl halides is 3. The first kappa shape index (κ1) is 15.8. The lowest BCUT2D eigenvalue weighted by Crippen LogP contribution is -2.05. The third kappa shape index (κ3) is 3.75. The summed E-state index contributed by atoms with van der Waals surface area (Å²) >= 11 is 0. The van der Waals surface area contributed by atoms with Gasteiger partial charge in [-0.3, -0.25) is 10.1 Å². The highest BCUT2D eigenvalue weighted by molar-refractivity contribution is 5.48. The molecule has 0 spiro atoms. The Labute approximate surface area is 124 Å². The van der Waals surface area contributed by atoms with Crippen molar-refractivity contribution < 1.29 is 22.8 Å². The third-order valence-corrected chi connectivity index (χ3v) is 2.99. The summed E-state index contributed by atoms with van der Waals surface area (Å²) < 4.78 is 42.7. The molecule has 0 unspecified atom stereocenters. The van der Waals surface area contributed by atoms with Gasteiger partial charge in [0.15, 0.2) is 5.75 Å². The smallest absolute Gasteiger partial charge is 0.416 e. The highest BCUT2D eigenvalue weighted by Gasteiger charge is 2.29. The molecule has 4 nitrogen and oxygen atoms in total. The van der Waals surface area contributed by atoms with Gasteiger partial charge < -0.3 is 4.74 Å². The van der Waals surface area contributed by atoms with E-state index in [2.05, 4.69) is 0 Å². The Morgan fingerprint density at radius 3 is 2.32 bits per heavy atom. The zero-order valence-corrected chi connectivity index (χ0v) is 11.6. The number of hydrogen-bond acceptors (Lipinski definition) is 3. The Morgan fingerprint density at radius 1 is 1.14 bits per heavy atom. The van der Waals surface area contributed by atoms with Crippen LogP contribution in [0.2, 0.25) is 0 Å². The minimum Gasteiger partial charge on any atom is -0.482 e. The molecule has 0 N–H and O–H groups in total. The quantitative estimate of drug-likeness (QED) is 0.617. The minimum absolute atomic E-state index is 0.0535. The van der Waals surface area contributed by atoms with Crippen LogP contribution in [0.5, 0.6) is 5.75 Å². The van der Waals surface area contributed by atoms with Crippen molar-refractivity contribution in [2.45, 2.75) is 19.7 Å². The predicted molar refractivity (Wildman–Crippen MR) is 73.6 cm³/mol. The molecular formula is C15H12F3NO3. The normalized spacial score (nSPS) is 11.3. The number of ether oxygens (including phenoxy) is 1. The van der Waals surface area contributed by atoms with Crippen LogP contribution in [0.3, 0.4) is 0 Å². The van der Waals surface area contributed by atoms with Crippen LogP contribution in [-0.2, 0) is 12.8 Å². The van der Waals surface area contributed by atoms with Crippen LogP contribution in [-0.4, -0.2) is 4.92 Å². The van der Waals surface area contributed by atoms with Crippen LogP contribution < -0.4 is 4.74 Å².